The zero-order valence-electron chi connectivity index (χ0n) is 16.4. The fourth-order valence-electron chi connectivity index (χ4n) is 2.53. The van der Waals surface area contributed by atoms with Crippen LogP contribution in [0.4, 0.5) is 0 Å². The van der Waals surface area contributed by atoms with Crippen LogP contribution in [-0.4, -0.2) is 18.4 Å². The molecule has 0 aromatic heterocycles. The lowest BCUT2D eigenvalue weighted by molar-refractivity contribution is -0.123. The highest BCUT2D eigenvalue weighted by molar-refractivity contribution is 5.95. The second-order valence-corrected chi connectivity index (χ2v) is 6.95. The summed E-state index contributed by atoms with van der Waals surface area (Å²) in [4.78, 5) is 23.9. The van der Waals surface area contributed by atoms with Crippen LogP contribution in [0, 0.1) is 0 Å². The van der Waals surface area contributed by atoms with Crippen molar-refractivity contribution in [2.45, 2.75) is 46.0 Å². The summed E-state index contributed by atoms with van der Waals surface area (Å²) in [5.74, 6) is 0.725. The van der Waals surface area contributed by atoms with Gasteiger partial charge in [-0.1, -0.05) is 52.0 Å². The van der Waals surface area contributed by atoms with Crippen LogP contribution in [0.2, 0.25) is 0 Å². The molecule has 0 bridgehead atoms. The highest BCUT2D eigenvalue weighted by atomic mass is 16.5. The van der Waals surface area contributed by atoms with E-state index in [1.54, 1.807) is 12.1 Å². The van der Waals surface area contributed by atoms with Crippen LogP contribution < -0.4 is 15.6 Å². The zero-order chi connectivity index (χ0) is 19.8. The predicted octanol–water partition coefficient (Wildman–Crippen LogP) is 4.16. The number of amides is 2. The summed E-state index contributed by atoms with van der Waals surface area (Å²) in [6.07, 6.45) is 1.07. The molecule has 0 saturated carbocycles. The third kappa shape index (κ3) is 6.13. The lowest BCUT2D eigenvalue weighted by atomic mass is 9.99. The first kappa shape index (κ1) is 20.5. The number of ether oxygens (including phenoxy) is 1. The molecule has 2 aromatic rings. The molecule has 0 aliphatic carbocycles. The van der Waals surface area contributed by atoms with E-state index in [0.29, 0.717) is 23.1 Å². The van der Waals surface area contributed by atoms with Crippen LogP contribution in [-0.2, 0) is 4.79 Å². The molecule has 5 heteroatoms. The van der Waals surface area contributed by atoms with Crippen LogP contribution in [0.3, 0.4) is 0 Å². The van der Waals surface area contributed by atoms with Gasteiger partial charge in [0.25, 0.3) is 11.8 Å². The van der Waals surface area contributed by atoms with Gasteiger partial charge in [-0.3, -0.25) is 20.4 Å². The van der Waals surface area contributed by atoms with Gasteiger partial charge in [-0.2, -0.15) is 0 Å². The number of hydrogen-bond acceptors (Lipinski definition) is 3. The molecule has 5 nitrogen and oxygen atoms in total. The first-order valence-electron chi connectivity index (χ1n) is 9.32. The van der Waals surface area contributed by atoms with Crippen LogP contribution in [0.25, 0.3) is 0 Å². The average Bonchev–Trinajstić information content (AvgIpc) is 2.70. The van der Waals surface area contributed by atoms with Gasteiger partial charge < -0.3 is 4.74 Å². The van der Waals surface area contributed by atoms with Gasteiger partial charge in [0.2, 0.25) is 0 Å². The van der Waals surface area contributed by atoms with Crippen molar-refractivity contribution in [3.63, 3.8) is 0 Å². The van der Waals surface area contributed by atoms with Crippen molar-refractivity contribution in [3.8, 4) is 5.75 Å². The van der Waals surface area contributed by atoms with Gasteiger partial charge in [0, 0.05) is 5.56 Å². The Morgan fingerprint density at radius 3 is 2.04 bits per heavy atom. The molecule has 1 unspecified atom stereocenters. The Labute approximate surface area is 161 Å². The number of carbonyl (C=O) groups excluding carboxylic acids is 2. The Morgan fingerprint density at radius 2 is 1.48 bits per heavy atom. The van der Waals surface area contributed by atoms with E-state index in [2.05, 4.69) is 38.5 Å². The molecule has 0 spiro atoms. The van der Waals surface area contributed by atoms with E-state index in [-0.39, 0.29) is 12.5 Å². The molecule has 144 valence electrons. The zero-order valence-corrected chi connectivity index (χ0v) is 16.4. The van der Waals surface area contributed by atoms with Gasteiger partial charge in [-0.15, -0.1) is 0 Å². The van der Waals surface area contributed by atoms with Crippen LogP contribution >= 0.6 is 0 Å². The van der Waals surface area contributed by atoms with Crippen molar-refractivity contribution >= 4 is 11.8 Å². The van der Waals surface area contributed by atoms with E-state index in [1.807, 2.05) is 36.4 Å². The summed E-state index contributed by atoms with van der Waals surface area (Å²) in [5.41, 5.74) is 7.64. The van der Waals surface area contributed by atoms with Crippen LogP contribution in [0.15, 0.2) is 48.5 Å². The fraction of sp³-hybridized carbons (Fsp3) is 0.364. The Hall–Kier alpha value is -2.82. The minimum Gasteiger partial charge on any atom is -0.484 e. The van der Waals surface area contributed by atoms with E-state index in [9.17, 15) is 9.59 Å². The molecule has 2 amide bonds. The average molecular weight is 368 g/mol. The SMILES string of the molecule is CCC(C)c1ccc(OCC(=O)NNC(=O)c2ccc(C(C)C)cc2)cc1. The second-order valence-electron chi connectivity index (χ2n) is 6.95. The van der Waals surface area contributed by atoms with Gasteiger partial charge in [0.1, 0.15) is 5.75 Å². The third-order valence-corrected chi connectivity index (χ3v) is 4.59. The number of nitrogens with one attached hydrogen (secondary N) is 2. The highest BCUT2D eigenvalue weighted by Gasteiger charge is 2.09. The first-order valence-corrected chi connectivity index (χ1v) is 9.32. The molecule has 27 heavy (non-hydrogen) atoms. The number of rotatable bonds is 7. The highest BCUT2D eigenvalue weighted by Crippen LogP contribution is 2.21. The summed E-state index contributed by atoms with van der Waals surface area (Å²) in [7, 11) is 0. The molecule has 2 rings (SSSR count). The molecule has 1 atom stereocenters. The Bertz CT molecular complexity index is 752. The Balaban J connectivity index is 1.77. The van der Waals surface area contributed by atoms with Crippen molar-refractivity contribution in [2.75, 3.05) is 6.61 Å². The standard InChI is InChI=1S/C22H28N2O3/c1-5-16(4)18-10-12-20(13-11-18)27-14-21(25)23-24-22(26)19-8-6-17(7-9-19)15(2)3/h6-13,15-16H,5,14H2,1-4H3,(H,23,25)(H,24,26). The maximum atomic E-state index is 12.1. The molecule has 2 aromatic carbocycles. The molecule has 0 saturated heterocycles. The van der Waals surface area contributed by atoms with E-state index < -0.39 is 5.91 Å². The summed E-state index contributed by atoms with van der Waals surface area (Å²) in [6, 6.07) is 15.0. The minimum absolute atomic E-state index is 0.171. The lowest BCUT2D eigenvalue weighted by Gasteiger charge is -2.11. The molecule has 2 N–H and O–H groups in total. The van der Waals surface area contributed by atoms with Gasteiger partial charge in [0.05, 0.1) is 0 Å². The van der Waals surface area contributed by atoms with Crippen molar-refractivity contribution in [1.82, 2.24) is 10.9 Å². The van der Waals surface area contributed by atoms with Crippen LogP contribution in [0.1, 0.15) is 67.4 Å². The molecule has 0 radical (unpaired) electrons. The molecular formula is C22H28N2O3. The monoisotopic (exact) mass is 368 g/mol. The Morgan fingerprint density at radius 1 is 0.889 bits per heavy atom. The maximum absolute atomic E-state index is 12.1. The largest absolute Gasteiger partial charge is 0.484 e. The van der Waals surface area contributed by atoms with Crippen molar-refractivity contribution in [3.05, 3.63) is 65.2 Å². The molecule has 0 heterocycles. The van der Waals surface area contributed by atoms with Crippen molar-refractivity contribution < 1.29 is 14.3 Å². The summed E-state index contributed by atoms with van der Waals surface area (Å²) >= 11 is 0. The lowest BCUT2D eigenvalue weighted by Crippen LogP contribution is -2.43. The number of carbonyl (C=O) groups is 2. The number of benzene rings is 2. The number of hydrogen-bond donors (Lipinski definition) is 2. The third-order valence-electron chi connectivity index (χ3n) is 4.59. The molecule has 0 aliphatic heterocycles. The normalized spacial score (nSPS) is 11.7. The number of hydrazine groups is 1. The minimum atomic E-state index is -0.423. The molecule has 0 fully saturated rings. The van der Waals surface area contributed by atoms with Gasteiger partial charge in [0.15, 0.2) is 6.61 Å². The topological polar surface area (TPSA) is 67.4 Å². The quantitative estimate of drug-likeness (QED) is 0.721. The summed E-state index contributed by atoms with van der Waals surface area (Å²) < 4.78 is 5.45. The Kier molecular flexibility index (Phi) is 7.41. The van der Waals surface area contributed by atoms with Gasteiger partial charge in [-0.25, -0.2) is 0 Å². The van der Waals surface area contributed by atoms with E-state index in [0.717, 1.165) is 12.0 Å². The molecular weight excluding hydrogens is 340 g/mol. The van der Waals surface area contributed by atoms with E-state index in [4.69, 9.17) is 4.74 Å². The van der Waals surface area contributed by atoms with Gasteiger partial charge in [-0.05, 0) is 53.6 Å². The smallest absolute Gasteiger partial charge is 0.276 e. The molecule has 0 aliphatic rings. The summed E-state index contributed by atoms with van der Waals surface area (Å²) in [6.45, 7) is 8.32. The van der Waals surface area contributed by atoms with Gasteiger partial charge >= 0.3 is 0 Å². The summed E-state index contributed by atoms with van der Waals surface area (Å²) in [5, 5.41) is 0. The second kappa shape index (κ2) is 9.76. The predicted molar refractivity (Wildman–Crippen MR) is 107 cm³/mol. The van der Waals surface area contributed by atoms with Crippen LogP contribution in [0.5, 0.6) is 5.75 Å². The maximum Gasteiger partial charge on any atom is 0.276 e. The fourth-order valence-corrected chi connectivity index (χ4v) is 2.53. The van der Waals surface area contributed by atoms with Crippen molar-refractivity contribution in [2.24, 2.45) is 0 Å². The van der Waals surface area contributed by atoms with E-state index in [1.165, 1.54) is 5.56 Å². The van der Waals surface area contributed by atoms with Crippen molar-refractivity contribution in [1.29, 1.82) is 0 Å². The van der Waals surface area contributed by atoms with E-state index >= 15 is 0 Å². The first-order chi connectivity index (χ1) is 12.9.